The Bertz CT molecular complexity index is 532. The molecule has 1 aliphatic rings. The summed E-state index contributed by atoms with van der Waals surface area (Å²) in [5.41, 5.74) is 0.602. The van der Waals surface area contributed by atoms with Crippen LogP contribution in [-0.4, -0.2) is 36.4 Å². The lowest BCUT2D eigenvalue weighted by Crippen LogP contribution is -2.50. The van der Waals surface area contributed by atoms with Crippen molar-refractivity contribution in [1.82, 2.24) is 5.32 Å². The molecule has 6 nitrogen and oxygen atoms in total. The molecule has 2 unspecified atom stereocenters. The first kappa shape index (κ1) is 14.3. The molecule has 1 aromatic carbocycles. The monoisotopic (exact) mass is 278 g/mol. The van der Waals surface area contributed by atoms with Crippen LogP contribution in [-0.2, 0) is 9.53 Å². The minimum absolute atomic E-state index is 0.0950. The van der Waals surface area contributed by atoms with Gasteiger partial charge in [0.05, 0.1) is 19.3 Å². The molecule has 0 bridgehead atoms. The molecule has 2 atom stereocenters. The zero-order chi connectivity index (χ0) is 14.8. The van der Waals surface area contributed by atoms with Crippen molar-refractivity contribution in [3.8, 4) is 0 Å². The van der Waals surface area contributed by atoms with Crippen molar-refractivity contribution in [2.75, 3.05) is 18.5 Å². The summed E-state index contributed by atoms with van der Waals surface area (Å²) in [6.45, 7) is 3.79. The first-order valence-corrected chi connectivity index (χ1v) is 6.37. The van der Waals surface area contributed by atoms with Crippen molar-refractivity contribution in [3.05, 3.63) is 29.8 Å². The Hall–Kier alpha value is -2.08. The van der Waals surface area contributed by atoms with Crippen LogP contribution in [0.3, 0.4) is 0 Å². The highest BCUT2D eigenvalue weighted by Gasteiger charge is 2.47. The fourth-order valence-corrected chi connectivity index (χ4v) is 2.13. The van der Waals surface area contributed by atoms with Gasteiger partial charge in [-0.15, -0.1) is 0 Å². The third-order valence-electron chi connectivity index (χ3n) is 3.53. The van der Waals surface area contributed by atoms with Gasteiger partial charge >= 0.3 is 12.0 Å². The number of hydrogen-bond acceptors (Lipinski definition) is 3. The van der Waals surface area contributed by atoms with Crippen LogP contribution in [0.1, 0.15) is 12.5 Å². The number of ether oxygens (including phenoxy) is 1. The molecule has 2 amide bonds. The van der Waals surface area contributed by atoms with Gasteiger partial charge < -0.3 is 20.5 Å². The molecule has 0 aliphatic carbocycles. The Morgan fingerprint density at radius 1 is 1.45 bits per heavy atom. The fraction of sp³-hybridized carbons (Fsp3) is 0.429. The van der Waals surface area contributed by atoms with E-state index >= 15 is 0 Å². The van der Waals surface area contributed by atoms with Crippen LogP contribution in [0.2, 0.25) is 0 Å². The molecule has 3 N–H and O–H groups in total. The smallest absolute Gasteiger partial charge is 0.319 e. The van der Waals surface area contributed by atoms with Crippen LogP contribution in [0, 0.1) is 12.3 Å². The molecule has 1 saturated heterocycles. The highest BCUT2D eigenvalue weighted by molar-refractivity contribution is 5.90. The minimum Gasteiger partial charge on any atom is -0.481 e. The fourth-order valence-electron chi connectivity index (χ4n) is 2.13. The van der Waals surface area contributed by atoms with Gasteiger partial charge in [0.25, 0.3) is 0 Å². The second-order valence-corrected chi connectivity index (χ2v) is 5.26. The molecule has 1 fully saturated rings. The molecular weight excluding hydrogens is 260 g/mol. The van der Waals surface area contributed by atoms with Gasteiger partial charge in [-0.2, -0.15) is 0 Å². The Labute approximate surface area is 117 Å². The normalized spacial score (nSPS) is 25.2. The zero-order valence-electron chi connectivity index (χ0n) is 11.5. The van der Waals surface area contributed by atoms with Gasteiger partial charge in [0.2, 0.25) is 0 Å². The number of carbonyl (C=O) groups excluding carboxylic acids is 1. The van der Waals surface area contributed by atoms with E-state index in [9.17, 15) is 14.7 Å². The SMILES string of the molecule is Cc1cccc(NC(=O)NC2COCC2(C)C(=O)O)c1. The number of amides is 2. The van der Waals surface area contributed by atoms with E-state index in [0.29, 0.717) is 5.69 Å². The molecule has 108 valence electrons. The van der Waals surface area contributed by atoms with Gasteiger partial charge in [-0.05, 0) is 31.5 Å². The lowest BCUT2D eigenvalue weighted by Gasteiger charge is -2.25. The van der Waals surface area contributed by atoms with Crippen molar-refractivity contribution in [1.29, 1.82) is 0 Å². The highest BCUT2D eigenvalue weighted by atomic mass is 16.5. The summed E-state index contributed by atoms with van der Waals surface area (Å²) < 4.78 is 5.18. The maximum atomic E-state index is 11.9. The van der Waals surface area contributed by atoms with E-state index in [-0.39, 0.29) is 13.2 Å². The predicted molar refractivity (Wildman–Crippen MR) is 73.7 cm³/mol. The molecule has 0 saturated carbocycles. The summed E-state index contributed by atoms with van der Waals surface area (Å²) in [6, 6.07) is 6.39. The molecule has 0 radical (unpaired) electrons. The summed E-state index contributed by atoms with van der Waals surface area (Å²) in [6.07, 6.45) is 0. The molecule has 2 rings (SSSR count). The van der Waals surface area contributed by atoms with E-state index in [1.807, 2.05) is 25.1 Å². The maximum absolute atomic E-state index is 11.9. The molecule has 0 aromatic heterocycles. The minimum atomic E-state index is -1.09. The van der Waals surface area contributed by atoms with Crippen molar-refractivity contribution >= 4 is 17.7 Å². The van der Waals surface area contributed by atoms with E-state index in [4.69, 9.17) is 4.74 Å². The summed E-state index contributed by atoms with van der Waals surface area (Å²) in [4.78, 5) is 23.2. The van der Waals surface area contributed by atoms with E-state index < -0.39 is 23.5 Å². The molecule has 0 spiro atoms. The van der Waals surface area contributed by atoms with Gasteiger partial charge in [-0.1, -0.05) is 12.1 Å². The van der Waals surface area contributed by atoms with Crippen LogP contribution < -0.4 is 10.6 Å². The van der Waals surface area contributed by atoms with Crippen LogP contribution in [0.4, 0.5) is 10.5 Å². The average Bonchev–Trinajstić information content (AvgIpc) is 2.72. The van der Waals surface area contributed by atoms with Gasteiger partial charge in [0.1, 0.15) is 5.41 Å². The average molecular weight is 278 g/mol. The first-order valence-electron chi connectivity index (χ1n) is 6.37. The van der Waals surface area contributed by atoms with Crippen molar-refractivity contribution in [3.63, 3.8) is 0 Å². The van der Waals surface area contributed by atoms with Gasteiger partial charge in [0, 0.05) is 5.69 Å². The van der Waals surface area contributed by atoms with Gasteiger partial charge in [-0.25, -0.2) is 4.79 Å². The standard InChI is InChI=1S/C14H18N2O4/c1-9-4-3-5-10(6-9)15-13(19)16-11-7-20-8-14(11,2)12(17)18/h3-6,11H,7-8H2,1-2H3,(H,17,18)(H2,15,16,19). The topological polar surface area (TPSA) is 87.7 Å². The second kappa shape index (κ2) is 5.50. The Morgan fingerprint density at radius 2 is 2.20 bits per heavy atom. The summed E-state index contributed by atoms with van der Waals surface area (Å²) in [5, 5.41) is 14.6. The van der Waals surface area contributed by atoms with E-state index in [1.165, 1.54) is 0 Å². The van der Waals surface area contributed by atoms with Gasteiger partial charge in [-0.3, -0.25) is 4.79 Å². The molecule has 1 aromatic rings. The summed E-state index contributed by atoms with van der Waals surface area (Å²) in [7, 11) is 0. The molecular formula is C14H18N2O4. The van der Waals surface area contributed by atoms with Crippen LogP contribution in [0.25, 0.3) is 0 Å². The maximum Gasteiger partial charge on any atom is 0.319 e. The van der Waals surface area contributed by atoms with E-state index in [1.54, 1.807) is 13.0 Å². The van der Waals surface area contributed by atoms with Crippen molar-refractivity contribution in [2.45, 2.75) is 19.9 Å². The number of rotatable bonds is 3. The van der Waals surface area contributed by atoms with Crippen molar-refractivity contribution in [2.24, 2.45) is 5.41 Å². The lowest BCUT2D eigenvalue weighted by molar-refractivity contribution is -0.148. The van der Waals surface area contributed by atoms with E-state index in [2.05, 4.69) is 10.6 Å². The van der Waals surface area contributed by atoms with Crippen LogP contribution in [0.15, 0.2) is 24.3 Å². The predicted octanol–water partition coefficient (Wildman–Crippen LogP) is 1.61. The molecule has 1 heterocycles. The number of carbonyl (C=O) groups is 2. The molecule has 20 heavy (non-hydrogen) atoms. The highest BCUT2D eigenvalue weighted by Crippen LogP contribution is 2.28. The zero-order valence-corrected chi connectivity index (χ0v) is 11.5. The summed E-state index contributed by atoms with van der Waals surface area (Å²) >= 11 is 0. The Balaban J connectivity index is 2.00. The number of aryl methyl sites for hydroxylation is 1. The largest absolute Gasteiger partial charge is 0.481 e. The quantitative estimate of drug-likeness (QED) is 0.783. The summed E-state index contributed by atoms with van der Waals surface area (Å²) in [5.74, 6) is -0.976. The van der Waals surface area contributed by atoms with Crippen LogP contribution >= 0.6 is 0 Å². The Kier molecular flexibility index (Phi) is 3.94. The third-order valence-corrected chi connectivity index (χ3v) is 3.53. The first-order chi connectivity index (χ1) is 9.41. The number of anilines is 1. The number of carboxylic acids is 1. The number of nitrogens with one attached hydrogen (secondary N) is 2. The number of carboxylic acid groups (broad SMARTS) is 1. The number of benzene rings is 1. The second-order valence-electron chi connectivity index (χ2n) is 5.26. The molecule has 6 heteroatoms. The number of urea groups is 1. The van der Waals surface area contributed by atoms with E-state index in [0.717, 1.165) is 5.56 Å². The van der Waals surface area contributed by atoms with Gasteiger partial charge in [0.15, 0.2) is 0 Å². The lowest BCUT2D eigenvalue weighted by atomic mass is 9.85. The number of aliphatic carboxylic acids is 1. The molecule has 1 aliphatic heterocycles. The number of hydrogen-bond donors (Lipinski definition) is 3. The third kappa shape index (κ3) is 2.91. The Morgan fingerprint density at radius 3 is 2.85 bits per heavy atom. The van der Waals surface area contributed by atoms with Crippen molar-refractivity contribution < 1.29 is 19.4 Å². The van der Waals surface area contributed by atoms with Crippen LogP contribution in [0.5, 0.6) is 0 Å².